The SMILES string of the molecule is N#CC(=Cc1cccc(Cl)c1Br)C(N)=O. The molecule has 0 heterocycles. The first-order valence-corrected chi connectivity index (χ1v) is 5.09. The normalized spacial score (nSPS) is 10.9. The summed E-state index contributed by atoms with van der Waals surface area (Å²) in [6.07, 6.45) is 1.39. The third-order valence-corrected chi connectivity index (χ3v) is 3.10. The van der Waals surface area contributed by atoms with Crippen LogP contribution in [0.4, 0.5) is 0 Å². The van der Waals surface area contributed by atoms with Crippen LogP contribution in [0.2, 0.25) is 5.02 Å². The lowest BCUT2D eigenvalue weighted by atomic mass is 10.1. The molecule has 1 amide bonds. The molecule has 15 heavy (non-hydrogen) atoms. The molecule has 3 nitrogen and oxygen atoms in total. The molecule has 0 aliphatic rings. The topological polar surface area (TPSA) is 66.9 Å². The van der Waals surface area contributed by atoms with Gasteiger partial charge in [0.05, 0.1) is 5.02 Å². The Balaban J connectivity index is 3.25. The molecule has 0 aromatic heterocycles. The zero-order valence-electron chi connectivity index (χ0n) is 7.50. The quantitative estimate of drug-likeness (QED) is 0.670. The van der Waals surface area contributed by atoms with Gasteiger partial charge in [-0.1, -0.05) is 23.7 Å². The Bertz CT molecular complexity index is 477. The first-order chi connectivity index (χ1) is 7.06. The lowest BCUT2D eigenvalue weighted by Gasteiger charge is -2.00. The Labute approximate surface area is 100 Å². The smallest absolute Gasteiger partial charge is 0.259 e. The van der Waals surface area contributed by atoms with Crippen LogP contribution in [0.5, 0.6) is 0 Å². The fourth-order valence-electron chi connectivity index (χ4n) is 0.946. The standard InChI is InChI=1S/C10H6BrClN2O/c11-9-6(2-1-3-8(9)12)4-7(5-13)10(14)15/h1-4H,(H2,14,15). The Hall–Kier alpha value is -1.31. The van der Waals surface area contributed by atoms with E-state index in [0.717, 1.165) is 0 Å². The lowest BCUT2D eigenvalue weighted by molar-refractivity contribution is -0.114. The predicted molar refractivity (Wildman–Crippen MR) is 61.9 cm³/mol. The van der Waals surface area contributed by atoms with Gasteiger partial charge in [0.15, 0.2) is 0 Å². The molecule has 0 aliphatic heterocycles. The predicted octanol–water partition coefficient (Wildman–Crippen LogP) is 2.49. The Morgan fingerprint density at radius 1 is 1.60 bits per heavy atom. The molecule has 0 aliphatic carbocycles. The number of rotatable bonds is 2. The van der Waals surface area contributed by atoms with E-state index in [1.165, 1.54) is 6.08 Å². The summed E-state index contributed by atoms with van der Waals surface area (Å²) in [5.41, 5.74) is 5.53. The maximum absolute atomic E-state index is 10.8. The van der Waals surface area contributed by atoms with E-state index in [2.05, 4.69) is 15.9 Å². The van der Waals surface area contributed by atoms with Gasteiger partial charge >= 0.3 is 0 Å². The third kappa shape index (κ3) is 2.82. The zero-order valence-corrected chi connectivity index (χ0v) is 9.84. The summed E-state index contributed by atoms with van der Waals surface area (Å²) in [7, 11) is 0. The highest BCUT2D eigenvalue weighted by molar-refractivity contribution is 9.10. The van der Waals surface area contributed by atoms with E-state index in [1.54, 1.807) is 24.3 Å². The molecule has 0 unspecified atom stereocenters. The number of nitrogens with zero attached hydrogens (tertiary/aromatic N) is 1. The van der Waals surface area contributed by atoms with Crippen LogP contribution in [0.1, 0.15) is 5.56 Å². The fraction of sp³-hybridized carbons (Fsp3) is 0. The van der Waals surface area contributed by atoms with Crippen molar-refractivity contribution in [1.82, 2.24) is 0 Å². The first-order valence-electron chi connectivity index (χ1n) is 3.92. The van der Waals surface area contributed by atoms with Crippen molar-refractivity contribution < 1.29 is 4.79 Å². The van der Waals surface area contributed by atoms with E-state index in [0.29, 0.717) is 15.1 Å². The molecule has 0 spiro atoms. The van der Waals surface area contributed by atoms with Gasteiger partial charge in [0.25, 0.3) is 5.91 Å². The Morgan fingerprint density at radius 2 is 2.27 bits per heavy atom. The molecular weight excluding hydrogens is 279 g/mol. The minimum Gasteiger partial charge on any atom is -0.365 e. The van der Waals surface area contributed by atoms with Gasteiger partial charge in [-0.05, 0) is 33.6 Å². The highest BCUT2D eigenvalue weighted by Crippen LogP contribution is 2.27. The highest BCUT2D eigenvalue weighted by atomic mass is 79.9. The number of benzene rings is 1. The van der Waals surface area contributed by atoms with Crippen LogP contribution in [-0.2, 0) is 4.79 Å². The van der Waals surface area contributed by atoms with Crippen LogP contribution in [0.25, 0.3) is 6.08 Å². The molecule has 5 heteroatoms. The maximum Gasteiger partial charge on any atom is 0.259 e. The number of halogens is 2. The maximum atomic E-state index is 10.8. The van der Waals surface area contributed by atoms with E-state index >= 15 is 0 Å². The fourth-order valence-corrected chi connectivity index (χ4v) is 1.51. The van der Waals surface area contributed by atoms with Gasteiger partial charge in [-0.25, -0.2) is 0 Å². The van der Waals surface area contributed by atoms with Crippen LogP contribution < -0.4 is 5.73 Å². The number of nitrogens with two attached hydrogens (primary N) is 1. The van der Waals surface area contributed by atoms with Gasteiger partial charge in [0.2, 0.25) is 0 Å². The summed E-state index contributed by atoms with van der Waals surface area (Å²) >= 11 is 9.09. The third-order valence-electron chi connectivity index (χ3n) is 1.67. The van der Waals surface area contributed by atoms with E-state index in [4.69, 9.17) is 22.6 Å². The number of amides is 1. The van der Waals surface area contributed by atoms with Crippen molar-refractivity contribution in [2.45, 2.75) is 0 Å². The van der Waals surface area contributed by atoms with Gasteiger partial charge in [0, 0.05) is 4.47 Å². The second-order valence-corrected chi connectivity index (χ2v) is 3.88. The van der Waals surface area contributed by atoms with E-state index in [-0.39, 0.29) is 5.57 Å². The minimum atomic E-state index is -0.760. The number of carbonyl (C=O) groups excluding carboxylic acids is 1. The van der Waals surface area contributed by atoms with Gasteiger partial charge in [-0.2, -0.15) is 5.26 Å². The monoisotopic (exact) mass is 284 g/mol. The van der Waals surface area contributed by atoms with Gasteiger partial charge in [0.1, 0.15) is 11.6 Å². The molecule has 1 aromatic rings. The minimum absolute atomic E-state index is 0.113. The summed E-state index contributed by atoms with van der Waals surface area (Å²) in [4.78, 5) is 10.8. The van der Waals surface area contributed by atoms with Gasteiger partial charge < -0.3 is 5.73 Å². The summed E-state index contributed by atoms with van der Waals surface area (Å²) in [6.45, 7) is 0. The molecular formula is C10H6BrClN2O. The first kappa shape index (κ1) is 11.8. The van der Waals surface area contributed by atoms with E-state index < -0.39 is 5.91 Å². The molecule has 0 radical (unpaired) electrons. The average molecular weight is 286 g/mol. The lowest BCUT2D eigenvalue weighted by Crippen LogP contribution is -2.12. The summed E-state index contributed by atoms with van der Waals surface area (Å²) < 4.78 is 0.626. The molecule has 0 fully saturated rings. The summed E-state index contributed by atoms with van der Waals surface area (Å²) in [6, 6.07) is 6.85. The molecule has 76 valence electrons. The van der Waals surface area contributed by atoms with Crippen molar-refractivity contribution in [3.05, 3.63) is 38.8 Å². The number of primary amides is 1. The van der Waals surface area contributed by atoms with Crippen molar-refractivity contribution in [1.29, 1.82) is 5.26 Å². The average Bonchev–Trinajstić information content (AvgIpc) is 2.19. The second kappa shape index (κ2) is 4.96. The number of carbonyl (C=O) groups is 1. The van der Waals surface area contributed by atoms with Gasteiger partial charge in [-0.15, -0.1) is 0 Å². The van der Waals surface area contributed by atoms with Crippen molar-refractivity contribution in [3.63, 3.8) is 0 Å². The number of nitriles is 1. The van der Waals surface area contributed by atoms with Crippen molar-refractivity contribution in [2.24, 2.45) is 5.73 Å². The van der Waals surface area contributed by atoms with E-state index in [9.17, 15) is 4.79 Å². The van der Waals surface area contributed by atoms with Crippen LogP contribution in [0.15, 0.2) is 28.2 Å². The zero-order chi connectivity index (χ0) is 11.4. The van der Waals surface area contributed by atoms with Crippen LogP contribution in [0, 0.1) is 11.3 Å². The van der Waals surface area contributed by atoms with Crippen molar-refractivity contribution in [2.75, 3.05) is 0 Å². The number of hydrogen-bond donors (Lipinski definition) is 1. The molecule has 0 atom stereocenters. The van der Waals surface area contributed by atoms with Crippen LogP contribution in [0.3, 0.4) is 0 Å². The Kier molecular flexibility index (Phi) is 3.89. The second-order valence-electron chi connectivity index (χ2n) is 2.68. The molecule has 1 rings (SSSR count). The van der Waals surface area contributed by atoms with Crippen molar-refractivity contribution in [3.8, 4) is 6.07 Å². The summed E-state index contributed by atoms with van der Waals surface area (Å²) in [5.74, 6) is -0.760. The molecule has 0 bridgehead atoms. The van der Waals surface area contributed by atoms with E-state index in [1.807, 2.05) is 0 Å². The van der Waals surface area contributed by atoms with Crippen molar-refractivity contribution >= 4 is 39.5 Å². The van der Waals surface area contributed by atoms with Crippen LogP contribution in [-0.4, -0.2) is 5.91 Å². The molecule has 0 saturated carbocycles. The highest BCUT2D eigenvalue weighted by Gasteiger charge is 2.06. The largest absolute Gasteiger partial charge is 0.365 e. The molecule has 1 aromatic carbocycles. The van der Waals surface area contributed by atoms with Crippen LogP contribution >= 0.6 is 27.5 Å². The summed E-state index contributed by atoms with van der Waals surface area (Å²) in [5, 5.41) is 9.16. The molecule has 2 N–H and O–H groups in total. The van der Waals surface area contributed by atoms with Gasteiger partial charge in [-0.3, -0.25) is 4.79 Å². The Morgan fingerprint density at radius 3 is 2.80 bits per heavy atom. The molecule has 0 saturated heterocycles. The number of hydrogen-bond acceptors (Lipinski definition) is 2.